The first-order valence-electron chi connectivity index (χ1n) is 8.02. The molecule has 1 aromatic carbocycles. The predicted octanol–water partition coefficient (Wildman–Crippen LogP) is 4.67. The molecule has 0 aliphatic heterocycles. The Bertz CT molecular complexity index is 883. The van der Waals surface area contributed by atoms with E-state index in [0.29, 0.717) is 27.7 Å². The van der Waals surface area contributed by atoms with Crippen molar-refractivity contribution in [3.63, 3.8) is 0 Å². The topological polar surface area (TPSA) is 68.0 Å². The lowest BCUT2D eigenvalue weighted by Gasteiger charge is -2.09. The van der Waals surface area contributed by atoms with E-state index in [2.05, 4.69) is 15.3 Å². The van der Waals surface area contributed by atoms with Crippen LogP contribution < -0.4 is 5.32 Å². The lowest BCUT2D eigenvalue weighted by molar-refractivity contribution is -0.119. The number of halogens is 1. The minimum Gasteiger partial charge on any atom is -0.438 e. The molecule has 4 rings (SSSR count). The lowest BCUT2D eigenvalue weighted by atomic mass is 10.1. The van der Waals surface area contributed by atoms with Gasteiger partial charge < -0.3 is 9.73 Å². The molecule has 0 bridgehead atoms. The number of aromatic nitrogens is 2. The minimum absolute atomic E-state index is 0.0294. The van der Waals surface area contributed by atoms with Gasteiger partial charge in [0.05, 0.1) is 5.39 Å². The van der Waals surface area contributed by atoms with Crippen molar-refractivity contribution < 1.29 is 9.21 Å². The van der Waals surface area contributed by atoms with Crippen molar-refractivity contribution in [1.29, 1.82) is 0 Å². The number of amides is 1. The summed E-state index contributed by atoms with van der Waals surface area (Å²) < 4.78 is 5.80. The quantitative estimate of drug-likeness (QED) is 0.751. The molecule has 1 amide bonds. The Morgan fingerprint density at radius 2 is 1.92 bits per heavy atom. The smallest absolute Gasteiger partial charge is 0.231 e. The Morgan fingerprint density at radius 3 is 2.67 bits per heavy atom. The molecular weight excluding hydrogens is 326 g/mol. The van der Waals surface area contributed by atoms with Gasteiger partial charge in [-0.05, 0) is 43.2 Å². The SMILES string of the molecule is O=C(Nc1ncnc2oc(-c3ccc(Cl)cc3)cc12)C1CCCC1. The highest BCUT2D eigenvalue weighted by Gasteiger charge is 2.24. The van der Waals surface area contributed by atoms with Crippen LogP contribution >= 0.6 is 11.6 Å². The molecule has 0 atom stereocenters. The molecular formula is C18H16ClN3O2. The summed E-state index contributed by atoms with van der Waals surface area (Å²) in [6.07, 6.45) is 5.53. The number of hydrogen-bond donors (Lipinski definition) is 1. The van der Waals surface area contributed by atoms with Crippen molar-refractivity contribution in [2.75, 3.05) is 5.32 Å². The predicted molar refractivity (Wildman–Crippen MR) is 92.8 cm³/mol. The number of benzene rings is 1. The maximum absolute atomic E-state index is 12.4. The van der Waals surface area contributed by atoms with Crippen LogP contribution in [0.2, 0.25) is 5.02 Å². The fourth-order valence-electron chi connectivity index (χ4n) is 3.12. The summed E-state index contributed by atoms with van der Waals surface area (Å²) in [7, 11) is 0. The standard InChI is InChI=1S/C18H16ClN3O2/c19-13-7-5-11(6-8-13)15-9-14-16(20-10-21-18(14)24-15)22-17(23)12-3-1-2-4-12/h5-10,12H,1-4H2,(H,20,21,22,23). The van der Waals surface area contributed by atoms with Gasteiger partial charge in [-0.2, -0.15) is 0 Å². The van der Waals surface area contributed by atoms with Gasteiger partial charge >= 0.3 is 0 Å². The van der Waals surface area contributed by atoms with Crippen LogP contribution in [-0.4, -0.2) is 15.9 Å². The molecule has 122 valence electrons. The van der Waals surface area contributed by atoms with Gasteiger partial charge in [0.15, 0.2) is 0 Å². The van der Waals surface area contributed by atoms with Crippen molar-refractivity contribution in [3.8, 4) is 11.3 Å². The van der Waals surface area contributed by atoms with Crippen molar-refractivity contribution in [2.24, 2.45) is 5.92 Å². The average molecular weight is 342 g/mol. The van der Waals surface area contributed by atoms with E-state index in [4.69, 9.17) is 16.0 Å². The number of fused-ring (bicyclic) bond motifs is 1. The third-order valence-electron chi connectivity index (χ3n) is 4.43. The van der Waals surface area contributed by atoms with E-state index in [1.807, 2.05) is 18.2 Å². The molecule has 3 aromatic rings. The zero-order valence-electron chi connectivity index (χ0n) is 13.0. The molecule has 1 fully saturated rings. The molecule has 6 heteroatoms. The molecule has 1 N–H and O–H groups in total. The highest BCUT2D eigenvalue weighted by molar-refractivity contribution is 6.30. The Morgan fingerprint density at radius 1 is 1.17 bits per heavy atom. The van der Waals surface area contributed by atoms with E-state index in [0.717, 1.165) is 31.2 Å². The van der Waals surface area contributed by atoms with E-state index in [-0.39, 0.29) is 11.8 Å². The Balaban J connectivity index is 1.66. The molecule has 2 aromatic heterocycles. The van der Waals surface area contributed by atoms with Crippen molar-refractivity contribution in [2.45, 2.75) is 25.7 Å². The second-order valence-corrected chi connectivity index (χ2v) is 6.47. The van der Waals surface area contributed by atoms with Gasteiger partial charge in [0.1, 0.15) is 17.9 Å². The summed E-state index contributed by atoms with van der Waals surface area (Å²) in [5, 5.41) is 4.30. The number of anilines is 1. The molecule has 0 saturated heterocycles. The van der Waals surface area contributed by atoms with Gasteiger partial charge in [0, 0.05) is 16.5 Å². The zero-order chi connectivity index (χ0) is 16.5. The van der Waals surface area contributed by atoms with E-state index < -0.39 is 0 Å². The maximum atomic E-state index is 12.4. The Hall–Kier alpha value is -2.40. The van der Waals surface area contributed by atoms with Gasteiger partial charge in [0.25, 0.3) is 0 Å². The zero-order valence-corrected chi connectivity index (χ0v) is 13.7. The van der Waals surface area contributed by atoms with Crippen LogP contribution in [0.4, 0.5) is 5.82 Å². The Labute approximate surface area is 144 Å². The molecule has 5 nitrogen and oxygen atoms in total. The molecule has 1 aliphatic carbocycles. The number of hydrogen-bond acceptors (Lipinski definition) is 4. The van der Waals surface area contributed by atoms with Crippen molar-refractivity contribution in [1.82, 2.24) is 9.97 Å². The molecule has 1 saturated carbocycles. The molecule has 0 unspecified atom stereocenters. The molecule has 0 spiro atoms. The lowest BCUT2D eigenvalue weighted by Crippen LogP contribution is -2.21. The second kappa shape index (κ2) is 6.24. The first-order chi connectivity index (χ1) is 11.7. The molecule has 2 heterocycles. The van der Waals surface area contributed by atoms with Crippen LogP contribution in [0.5, 0.6) is 0 Å². The van der Waals surface area contributed by atoms with Gasteiger partial charge in [-0.15, -0.1) is 0 Å². The molecule has 1 aliphatic rings. The largest absolute Gasteiger partial charge is 0.438 e. The van der Waals surface area contributed by atoms with Gasteiger partial charge in [-0.25, -0.2) is 9.97 Å². The second-order valence-electron chi connectivity index (χ2n) is 6.03. The van der Waals surface area contributed by atoms with Crippen LogP contribution in [0.15, 0.2) is 41.1 Å². The van der Waals surface area contributed by atoms with Crippen LogP contribution in [0.25, 0.3) is 22.4 Å². The summed E-state index contributed by atoms with van der Waals surface area (Å²) in [4.78, 5) is 20.7. The average Bonchev–Trinajstić information content (AvgIpc) is 3.25. The third-order valence-corrected chi connectivity index (χ3v) is 4.68. The van der Waals surface area contributed by atoms with Crippen LogP contribution in [0.1, 0.15) is 25.7 Å². The minimum atomic E-state index is 0.0294. The van der Waals surface area contributed by atoms with Crippen LogP contribution in [-0.2, 0) is 4.79 Å². The summed E-state index contributed by atoms with van der Waals surface area (Å²) in [5.41, 5.74) is 1.35. The first-order valence-corrected chi connectivity index (χ1v) is 8.40. The number of rotatable bonds is 3. The first kappa shape index (κ1) is 15.1. The highest BCUT2D eigenvalue weighted by atomic mass is 35.5. The van der Waals surface area contributed by atoms with Gasteiger partial charge in [-0.3, -0.25) is 4.79 Å². The normalized spacial score (nSPS) is 15.0. The number of carbonyl (C=O) groups excluding carboxylic acids is 1. The van der Waals surface area contributed by atoms with E-state index in [1.165, 1.54) is 6.33 Å². The highest BCUT2D eigenvalue weighted by Crippen LogP contribution is 2.31. The monoisotopic (exact) mass is 341 g/mol. The summed E-state index contributed by atoms with van der Waals surface area (Å²) in [6.45, 7) is 0. The molecule has 0 radical (unpaired) electrons. The van der Waals surface area contributed by atoms with Crippen molar-refractivity contribution >= 4 is 34.4 Å². The third kappa shape index (κ3) is 2.87. The summed E-state index contributed by atoms with van der Waals surface area (Å²) in [6, 6.07) is 9.22. The van der Waals surface area contributed by atoms with E-state index in [9.17, 15) is 4.79 Å². The number of nitrogens with zero attached hydrogens (tertiary/aromatic N) is 2. The van der Waals surface area contributed by atoms with Gasteiger partial charge in [0.2, 0.25) is 11.6 Å². The number of furan rings is 1. The van der Waals surface area contributed by atoms with E-state index in [1.54, 1.807) is 12.1 Å². The summed E-state index contributed by atoms with van der Waals surface area (Å²) in [5.74, 6) is 1.28. The van der Waals surface area contributed by atoms with Crippen LogP contribution in [0, 0.1) is 5.92 Å². The fourth-order valence-corrected chi connectivity index (χ4v) is 3.24. The van der Waals surface area contributed by atoms with Crippen molar-refractivity contribution in [3.05, 3.63) is 41.7 Å². The Kier molecular flexibility index (Phi) is 3.94. The summed E-state index contributed by atoms with van der Waals surface area (Å²) >= 11 is 5.92. The number of nitrogens with one attached hydrogen (secondary N) is 1. The maximum Gasteiger partial charge on any atom is 0.231 e. The van der Waals surface area contributed by atoms with Gasteiger partial charge in [-0.1, -0.05) is 24.4 Å². The van der Waals surface area contributed by atoms with Crippen LogP contribution in [0.3, 0.4) is 0 Å². The van der Waals surface area contributed by atoms with E-state index >= 15 is 0 Å². The fraction of sp³-hybridized carbons (Fsp3) is 0.278. The number of carbonyl (C=O) groups is 1. The molecule has 24 heavy (non-hydrogen) atoms.